The average Bonchev–Trinajstić information content (AvgIpc) is 3.09. The van der Waals surface area contributed by atoms with Crippen LogP contribution < -0.4 is 15.1 Å². The highest BCUT2D eigenvalue weighted by Gasteiger charge is 2.44. The monoisotopic (exact) mass is 505 g/mol. The van der Waals surface area contributed by atoms with E-state index < -0.39 is 11.9 Å². The Morgan fingerprint density at radius 3 is 2.39 bits per heavy atom. The second kappa shape index (κ2) is 7.78. The highest BCUT2D eigenvalue weighted by atomic mass is 79.9. The van der Waals surface area contributed by atoms with Crippen LogP contribution >= 0.6 is 15.9 Å². The number of amides is 1. The van der Waals surface area contributed by atoms with E-state index in [9.17, 15) is 14.7 Å². The van der Waals surface area contributed by atoms with Crippen molar-refractivity contribution in [3.8, 4) is 11.5 Å². The first-order valence-corrected chi connectivity index (χ1v) is 11.1. The average molecular weight is 506 g/mol. The van der Waals surface area contributed by atoms with Crippen molar-refractivity contribution in [1.82, 2.24) is 0 Å². The van der Waals surface area contributed by atoms with Gasteiger partial charge in [0.1, 0.15) is 5.58 Å². The molecule has 0 aliphatic carbocycles. The van der Waals surface area contributed by atoms with Crippen LogP contribution in [0.1, 0.15) is 38.9 Å². The molecule has 0 bridgehead atoms. The Morgan fingerprint density at radius 2 is 1.70 bits per heavy atom. The molecule has 0 saturated heterocycles. The lowest BCUT2D eigenvalue weighted by molar-refractivity contribution is 0.0971. The smallest absolute Gasteiger partial charge is 0.295 e. The molecule has 0 spiro atoms. The van der Waals surface area contributed by atoms with Crippen molar-refractivity contribution in [2.75, 3.05) is 12.0 Å². The largest absolute Gasteiger partial charge is 0.503 e. The fourth-order valence-electron chi connectivity index (χ4n) is 4.28. The van der Waals surface area contributed by atoms with Gasteiger partial charge in [0.05, 0.1) is 28.6 Å². The summed E-state index contributed by atoms with van der Waals surface area (Å²) in [6.07, 6.45) is 0. The molecule has 1 amide bonds. The van der Waals surface area contributed by atoms with E-state index in [1.54, 1.807) is 29.2 Å². The third-order valence-electron chi connectivity index (χ3n) is 5.92. The van der Waals surface area contributed by atoms with Crippen LogP contribution in [-0.4, -0.2) is 18.1 Å². The minimum atomic E-state index is -0.762. The Labute approximate surface area is 198 Å². The molecule has 33 heavy (non-hydrogen) atoms. The number of phenols is 1. The number of hydrogen-bond donors (Lipinski definition) is 1. The minimum Gasteiger partial charge on any atom is -0.503 e. The number of nitrogens with zero attached hydrogens (tertiary/aromatic N) is 1. The van der Waals surface area contributed by atoms with E-state index in [0.29, 0.717) is 26.7 Å². The minimum absolute atomic E-state index is 0.0186. The van der Waals surface area contributed by atoms with Crippen LogP contribution in [-0.2, 0) is 0 Å². The molecule has 5 rings (SSSR count). The normalized spacial score (nSPS) is 15.2. The molecule has 1 N–H and O–H groups in total. The van der Waals surface area contributed by atoms with Gasteiger partial charge in [-0.3, -0.25) is 14.5 Å². The number of hydrogen-bond acceptors (Lipinski definition) is 5. The zero-order valence-corrected chi connectivity index (χ0v) is 19.8. The Kier molecular flexibility index (Phi) is 5.01. The van der Waals surface area contributed by atoms with Gasteiger partial charge in [0.15, 0.2) is 16.9 Å². The number of rotatable bonds is 3. The second-order valence-corrected chi connectivity index (χ2v) is 8.99. The zero-order valence-electron chi connectivity index (χ0n) is 18.2. The summed E-state index contributed by atoms with van der Waals surface area (Å²) in [5, 5.41) is 10.7. The molecule has 3 aromatic carbocycles. The quantitative estimate of drug-likeness (QED) is 0.389. The zero-order chi connectivity index (χ0) is 23.4. The Morgan fingerprint density at radius 1 is 1.00 bits per heavy atom. The van der Waals surface area contributed by atoms with Crippen molar-refractivity contribution in [2.24, 2.45) is 0 Å². The van der Waals surface area contributed by atoms with Crippen LogP contribution in [0.25, 0.3) is 11.0 Å². The summed E-state index contributed by atoms with van der Waals surface area (Å²) in [6.45, 7) is 3.86. The fourth-order valence-corrected chi connectivity index (χ4v) is 4.74. The molecular weight excluding hydrogens is 486 g/mol. The molecule has 1 unspecified atom stereocenters. The van der Waals surface area contributed by atoms with Crippen molar-refractivity contribution in [3.63, 3.8) is 0 Å². The molecule has 0 saturated carbocycles. The molecule has 2 heterocycles. The molecule has 1 aromatic heterocycles. The number of carbonyl (C=O) groups is 1. The molecule has 1 aliphatic heterocycles. The topological polar surface area (TPSA) is 80.0 Å². The first-order valence-electron chi connectivity index (χ1n) is 10.3. The lowest BCUT2D eigenvalue weighted by Crippen LogP contribution is -2.29. The van der Waals surface area contributed by atoms with Crippen LogP contribution in [0.2, 0.25) is 0 Å². The molecule has 1 atom stereocenters. The van der Waals surface area contributed by atoms with Crippen LogP contribution in [0.15, 0.2) is 68.3 Å². The first kappa shape index (κ1) is 21.3. The lowest BCUT2D eigenvalue weighted by atomic mass is 9.97. The molecule has 166 valence electrons. The van der Waals surface area contributed by atoms with Gasteiger partial charge in [0, 0.05) is 5.69 Å². The number of methoxy groups -OCH3 is 1. The lowest BCUT2D eigenvalue weighted by Gasteiger charge is -2.26. The van der Waals surface area contributed by atoms with Gasteiger partial charge in [-0.2, -0.15) is 0 Å². The maximum absolute atomic E-state index is 13.7. The summed E-state index contributed by atoms with van der Waals surface area (Å²) in [6, 6.07) is 15.4. The number of aryl methyl sites for hydroxylation is 2. The van der Waals surface area contributed by atoms with E-state index in [2.05, 4.69) is 15.9 Å². The van der Waals surface area contributed by atoms with Crippen molar-refractivity contribution in [2.45, 2.75) is 19.9 Å². The highest BCUT2D eigenvalue weighted by molar-refractivity contribution is 9.10. The predicted molar refractivity (Wildman–Crippen MR) is 129 cm³/mol. The van der Waals surface area contributed by atoms with E-state index in [1.165, 1.54) is 7.11 Å². The summed E-state index contributed by atoms with van der Waals surface area (Å²) in [5.74, 6) is -0.217. The molecule has 0 fully saturated rings. The van der Waals surface area contributed by atoms with Gasteiger partial charge in [0.25, 0.3) is 5.91 Å². The summed E-state index contributed by atoms with van der Waals surface area (Å²) < 4.78 is 11.7. The van der Waals surface area contributed by atoms with Crippen molar-refractivity contribution in [3.05, 3.63) is 97.3 Å². The SMILES string of the molecule is COc1cc(C2c3c(oc4ccc(C)cc4c3=O)C(=O)N2c2ccc(C)cc2)cc(Br)c1O. The number of anilines is 1. The van der Waals surface area contributed by atoms with Gasteiger partial charge in [-0.25, -0.2) is 0 Å². The fraction of sp³-hybridized carbons (Fsp3) is 0.154. The Hall–Kier alpha value is -3.58. The third kappa shape index (κ3) is 3.31. The number of aromatic hydroxyl groups is 1. The van der Waals surface area contributed by atoms with Crippen LogP contribution in [0, 0.1) is 13.8 Å². The van der Waals surface area contributed by atoms with Crippen molar-refractivity contribution in [1.29, 1.82) is 0 Å². The number of phenolic OH excluding ortho intramolecular Hbond substituents is 1. The summed E-state index contributed by atoms with van der Waals surface area (Å²) in [4.78, 5) is 28.9. The highest BCUT2D eigenvalue weighted by Crippen LogP contribution is 2.45. The number of fused-ring (bicyclic) bond motifs is 2. The molecule has 6 nitrogen and oxygen atoms in total. The van der Waals surface area contributed by atoms with Crippen LogP contribution in [0.4, 0.5) is 5.69 Å². The summed E-state index contributed by atoms with van der Waals surface area (Å²) in [5.41, 5.74) is 3.56. The molecule has 7 heteroatoms. The number of benzene rings is 3. The maximum Gasteiger partial charge on any atom is 0.295 e. The Balaban J connectivity index is 1.84. The van der Waals surface area contributed by atoms with Crippen molar-refractivity contribution < 1.29 is 19.1 Å². The van der Waals surface area contributed by atoms with E-state index >= 15 is 0 Å². The van der Waals surface area contributed by atoms with Crippen LogP contribution in [0.3, 0.4) is 0 Å². The molecule has 4 aromatic rings. The Bertz CT molecular complexity index is 1490. The predicted octanol–water partition coefficient (Wildman–Crippen LogP) is 5.64. The molecular formula is C26H20BrNO5. The third-order valence-corrected chi connectivity index (χ3v) is 6.53. The molecule has 1 aliphatic rings. The van der Waals surface area contributed by atoms with Gasteiger partial charge >= 0.3 is 0 Å². The molecule has 0 radical (unpaired) electrons. The maximum atomic E-state index is 13.7. The number of ether oxygens (including phenoxy) is 1. The van der Waals surface area contributed by atoms with Gasteiger partial charge in [-0.05, 0) is 71.7 Å². The number of halogens is 1. The van der Waals surface area contributed by atoms with Gasteiger partial charge in [-0.1, -0.05) is 29.3 Å². The van der Waals surface area contributed by atoms with E-state index in [0.717, 1.165) is 11.1 Å². The van der Waals surface area contributed by atoms with Gasteiger partial charge < -0.3 is 14.3 Å². The summed E-state index contributed by atoms with van der Waals surface area (Å²) >= 11 is 3.36. The van der Waals surface area contributed by atoms with E-state index in [-0.39, 0.29) is 28.3 Å². The standard InChI is InChI=1S/C26H20BrNO5/c1-13-4-7-16(8-5-13)28-22(15-11-18(27)24(30)20(12-15)32-3)21-23(29)17-10-14(2)6-9-19(17)33-25(21)26(28)31/h4-12,22,30H,1-3H3. The number of carbonyl (C=O) groups excluding carboxylic acids is 1. The van der Waals surface area contributed by atoms with E-state index in [4.69, 9.17) is 9.15 Å². The van der Waals surface area contributed by atoms with E-state index in [1.807, 2.05) is 44.2 Å². The van der Waals surface area contributed by atoms with Gasteiger partial charge in [0.2, 0.25) is 5.76 Å². The van der Waals surface area contributed by atoms with Gasteiger partial charge in [-0.15, -0.1) is 0 Å². The first-order chi connectivity index (χ1) is 15.8. The second-order valence-electron chi connectivity index (χ2n) is 8.14. The van der Waals surface area contributed by atoms with Crippen LogP contribution in [0.5, 0.6) is 11.5 Å². The van der Waals surface area contributed by atoms with Crippen molar-refractivity contribution >= 4 is 38.5 Å². The summed E-state index contributed by atoms with van der Waals surface area (Å²) in [7, 11) is 1.45.